The first-order valence-electron chi connectivity index (χ1n) is 6.13. The minimum Gasteiger partial charge on any atom is -0.373 e. The lowest BCUT2D eigenvalue weighted by Crippen LogP contribution is -2.10. The third-order valence-corrected chi connectivity index (χ3v) is 3.26. The van der Waals surface area contributed by atoms with Gasteiger partial charge in [0.1, 0.15) is 18.0 Å². The van der Waals surface area contributed by atoms with Gasteiger partial charge < -0.3 is 10.6 Å². The van der Waals surface area contributed by atoms with Crippen LogP contribution in [0.1, 0.15) is 24.1 Å². The van der Waals surface area contributed by atoms with E-state index in [1.54, 1.807) is 6.33 Å². The molecule has 0 amide bonds. The zero-order chi connectivity index (χ0) is 13.8. The van der Waals surface area contributed by atoms with Crippen LogP contribution in [0.25, 0.3) is 0 Å². The fourth-order valence-electron chi connectivity index (χ4n) is 1.91. The molecular formula is C14H17ClN4. The maximum absolute atomic E-state index is 6.01. The zero-order valence-corrected chi connectivity index (χ0v) is 12.0. The predicted octanol–water partition coefficient (Wildman–Crippen LogP) is 3.65. The first-order valence-corrected chi connectivity index (χ1v) is 6.51. The van der Waals surface area contributed by atoms with Crippen LogP contribution in [0.15, 0.2) is 30.6 Å². The molecule has 5 heteroatoms. The quantitative estimate of drug-likeness (QED) is 0.895. The van der Waals surface area contributed by atoms with Crippen LogP contribution in [0, 0.1) is 6.92 Å². The molecule has 100 valence electrons. The van der Waals surface area contributed by atoms with Crippen molar-refractivity contribution in [2.75, 3.05) is 17.7 Å². The third kappa shape index (κ3) is 3.15. The highest BCUT2D eigenvalue weighted by molar-refractivity contribution is 6.30. The smallest absolute Gasteiger partial charge is 0.134 e. The maximum Gasteiger partial charge on any atom is 0.134 e. The van der Waals surface area contributed by atoms with E-state index in [1.165, 1.54) is 0 Å². The van der Waals surface area contributed by atoms with E-state index in [0.29, 0.717) is 0 Å². The molecular weight excluding hydrogens is 260 g/mol. The molecule has 2 N–H and O–H groups in total. The van der Waals surface area contributed by atoms with E-state index in [2.05, 4.69) is 27.5 Å². The Morgan fingerprint density at radius 3 is 2.63 bits per heavy atom. The Balaban J connectivity index is 2.21. The SMILES string of the molecule is CNc1ncnc(NC(C)c2cccc(Cl)c2)c1C. The molecule has 0 fully saturated rings. The van der Waals surface area contributed by atoms with Crippen LogP contribution in [-0.2, 0) is 0 Å². The van der Waals surface area contributed by atoms with E-state index < -0.39 is 0 Å². The molecule has 0 saturated heterocycles. The summed E-state index contributed by atoms with van der Waals surface area (Å²) in [6.07, 6.45) is 1.55. The molecule has 0 radical (unpaired) electrons. The summed E-state index contributed by atoms with van der Waals surface area (Å²) in [5.41, 5.74) is 2.12. The van der Waals surface area contributed by atoms with Gasteiger partial charge in [0.05, 0.1) is 6.04 Å². The van der Waals surface area contributed by atoms with Gasteiger partial charge in [-0.05, 0) is 31.5 Å². The van der Waals surface area contributed by atoms with Gasteiger partial charge in [0.15, 0.2) is 0 Å². The summed E-state index contributed by atoms with van der Waals surface area (Å²) in [6, 6.07) is 7.93. The molecule has 0 bridgehead atoms. The molecule has 1 unspecified atom stereocenters. The van der Waals surface area contributed by atoms with Gasteiger partial charge in [-0.15, -0.1) is 0 Å². The summed E-state index contributed by atoms with van der Waals surface area (Å²) in [4.78, 5) is 8.45. The van der Waals surface area contributed by atoms with Crippen molar-refractivity contribution in [2.45, 2.75) is 19.9 Å². The van der Waals surface area contributed by atoms with Crippen molar-refractivity contribution in [1.29, 1.82) is 0 Å². The number of nitrogens with zero attached hydrogens (tertiary/aromatic N) is 2. The minimum atomic E-state index is 0.122. The first-order chi connectivity index (χ1) is 9.11. The van der Waals surface area contributed by atoms with E-state index in [4.69, 9.17) is 11.6 Å². The van der Waals surface area contributed by atoms with E-state index in [1.807, 2.05) is 38.2 Å². The topological polar surface area (TPSA) is 49.8 Å². The molecule has 0 spiro atoms. The lowest BCUT2D eigenvalue weighted by Gasteiger charge is -2.17. The molecule has 0 aliphatic rings. The molecule has 0 saturated carbocycles. The van der Waals surface area contributed by atoms with Crippen molar-refractivity contribution < 1.29 is 0 Å². The monoisotopic (exact) mass is 276 g/mol. The number of hydrogen-bond donors (Lipinski definition) is 2. The molecule has 1 aromatic carbocycles. The van der Waals surface area contributed by atoms with Crippen LogP contribution in [0.4, 0.5) is 11.6 Å². The number of aromatic nitrogens is 2. The highest BCUT2D eigenvalue weighted by Crippen LogP contribution is 2.24. The number of rotatable bonds is 4. The molecule has 1 heterocycles. The third-order valence-electron chi connectivity index (χ3n) is 3.02. The second-order valence-corrected chi connectivity index (χ2v) is 4.80. The van der Waals surface area contributed by atoms with Crippen LogP contribution in [0.3, 0.4) is 0 Å². The lowest BCUT2D eigenvalue weighted by molar-refractivity contribution is 0.868. The maximum atomic E-state index is 6.01. The normalized spacial score (nSPS) is 12.0. The van der Waals surface area contributed by atoms with Crippen molar-refractivity contribution in [3.63, 3.8) is 0 Å². The second kappa shape index (κ2) is 5.89. The molecule has 0 aliphatic carbocycles. The fraction of sp³-hybridized carbons (Fsp3) is 0.286. The Kier molecular flexibility index (Phi) is 4.22. The van der Waals surface area contributed by atoms with Gasteiger partial charge in [-0.2, -0.15) is 0 Å². The van der Waals surface area contributed by atoms with Gasteiger partial charge >= 0.3 is 0 Å². The van der Waals surface area contributed by atoms with Gasteiger partial charge in [-0.1, -0.05) is 23.7 Å². The molecule has 1 aromatic heterocycles. The number of nitrogens with one attached hydrogen (secondary N) is 2. The van der Waals surface area contributed by atoms with E-state index in [-0.39, 0.29) is 6.04 Å². The van der Waals surface area contributed by atoms with Crippen molar-refractivity contribution in [3.05, 3.63) is 46.7 Å². The standard InChI is InChI=1S/C14H17ClN4/c1-9-13(16-3)17-8-18-14(9)19-10(2)11-5-4-6-12(15)7-11/h4-8,10H,1-3H3,(H2,16,17,18,19). The van der Waals surface area contributed by atoms with E-state index >= 15 is 0 Å². The highest BCUT2D eigenvalue weighted by Gasteiger charge is 2.10. The average molecular weight is 277 g/mol. The van der Waals surface area contributed by atoms with E-state index in [9.17, 15) is 0 Å². The summed E-state index contributed by atoms with van der Waals surface area (Å²) >= 11 is 6.01. The number of hydrogen-bond acceptors (Lipinski definition) is 4. The van der Waals surface area contributed by atoms with Crippen molar-refractivity contribution >= 4 is 23.2 Å². The van der Waals surface area contributed by atoms with Gasteiger partial charge in [0.2, 0.25) is 0 Å². The van der Waals surface area contributed by atoms with Gasteiger partial charge in [-0.25, -0.2) is 9.97 Å². The molecule has 19 heavy (non-hydrogen) atoms. The molecule has 2 rings (SSSR count). The van der Waals surface area contributed by atoms with Crippen LogP contribution in [-0.4, -0.2) is 17.0 Å². The molecule has 2 aromatic rings. The Morgan fingerprint density at radius 2 is 1.95 bits per heavy atom. The van der Waals surface area contributed by atoms with Gasteiger partial charge in [0, 0.05) is 17.6 Å². The lowest BCUT2D eigenvalue weighted by atomic mass is 10.1. The zero-order valence-electron chi connectivity index (χ0n) is 11.2. The van der Waals surface area contributed by atoms with E-state index in [0.717, 1.165) is 27.8 Å². The average Bonchev–Trinajstić information content (AvgIpc) is 2.41. The molecule has 1 atom stereocenters. The Morgan fingerprint density at radius 1 is 1.21 bits per heavy atom. The number of anilines is 2. The largest absolute Gasteiger partial charge is 0.373 e. The summed E-state index contributed by atoms with van der Waals surface area (Å²) in [7, 11) is 1.85. The Hall–Kier alpha value is -1.81. The van der Waals surface area contributed by atoms with Crippen molar-refractivity contribution in [1.82, 2.24) is 9.97 Å². The minimum absolute atomic E-state index is 0.122. The van der Waals surface area contributed by atoms with Crippen molar-refractivity contribution in [3.8, 4) is 0 Å². The predicted molar refractivity (Wildman–Crippen MR) is 79.8 cm³/mol. The van der Waals surface area contributed by atoms with Crippen LogP contribution in [0.5, 0.6) is 0 Å². The van der Waals surface area contributed by atoms with Gasteiger partial charge in [0.25, 0.3) is 0 Å². The Labute approximate surface area is 118 Å². The summed E-state index contributed by atoms with van der Waals surface area (Å²) < 4.78 is 0. The van der Waals surface area contributed by atoms with Crippen molar-refractivity contribution in [2.24, 2.45) is 0 Å². The summed E-state index contributed by atoms with van der Waals surface area (Å²) in [5, 5.41) is 7.16. The van der Waals surface area contributed by atoms with Crippen LogP contribution in [0.2, 0.25) is 5.02 Å². The fourth-order valence-corrected chi connectivity index (χ4v) is 2.11. The summed E-state index contributed by atoms with van der Waals surface area (Å²) in [6.45, 7) is 4.06. The first kappa shape index (κ1) is 13.6. The van der Waals surface area contributed by atoms with Crippen LogP contribution >= 0.6 is 11.6 Å². The second-order valence-electron chi connectivity index (χ2n) is 4.37. The Bertz CT molecular complexity index is 571. The molecule has 0 aliphatic heterocycles. The summed E-state index contributed by atoms with van der Waals surface area (Å²) in [5.74, 6) is 1.66. The van der Waals surface area contributed by atoms with Gasteiger partial charge in [-0.3, -0.25) is 0 Å². The highest BCUT2D eigenvalue weighted by atomic mass is 35.5. The number of benzene rings is 1. The molecule has 4 nitrogen and oxygen atoms in total. The number of halogens is 1. The van der Waals surface area contributed by atoms with Crippen LogP contribution < -0.4 is 10.6 Å².